The first kappa shape index (κ1) is 12.6. The fraction of sp³-hybridized carbons (Fsp3) is 0.857. The minimum Gasteiger partial charge on any atom is -0.319 e. The van der Waals surface area contributed by atoms with Crippen molar-refractivity contribution in [1.82, 2.24) is 5.32 Å². The van der Waals surface area contributed by atoms with Crippen molar-refractivity contribution in [2.75, 3.05) is 13.6 Å². The molecule has 0 rings (SSSR count). The SMILES string of the molecule is CCCC(=O)CCNC.Cl. The van der Waals surface area contributed by atoms with Gasteiger partial charge in [-0.2, -0.15) is 0 Å². The van der Waals surface area contributed by atoms with E-state index in [1.807, 2.05) is 14.0 Å². The molecule has 0 aliphatic heterocycles. The van der Waals surface area contributed by atoms with E-state index >= 15 is 0 Å². The van der Waals surface area contributed by atoms with Crippen LogP contribution in [0.25, 0.3) is 0 Å². The van der Waals surface area contributed by atoms with Crippen molar-refractivity contribution < 1.29 is 4.79 Å². The number of rotatable bonds is 5. The van der Waals surface area contributed by atoms with Crippen LogP contribution in [0.15, 0.2) is 0 Å². The third kappa shape index (κ3) is 7.92. The molecule has 0 radical (unpaired) electrons. The first-order valence-electron chi connectivity index (χ1n) is 3.47. The van der Waals surface area contributed by atoms with Crippen molar-refractivity contribution in [3.05, 3.63) is 0 Å². The second kappa shape index (κ2) is 8.92. The van der Waals surface area contributed by atoms with Crippen LogP contribution in [0.1, 0.15) is 26.2 Å². The van der Waals surface area contributed by atoms with E-state index in [0.29, 0.717) is 12.2 Å². The van der Waals surface area contributed by atoms with Crippen LogP contribution >= 0.6 is 12.4 Å². The molecule has 62 valence electrons. The molecule has 0 saturated carbocycles. The average Bonchev–Trinajstić information content (AvgIpc) is 1.85. The Morgan fingerprint density at radius 3 is 2.40 bits per heavy atom. The Bertz CT molecular complexity index is 85.7. The van der Waals surface area contributed by atoms with Gasteiger partial charge in [0.15, 0.2) is 0 Å². The molecule has 0 aromatic rings. The Balaban J connectivity index is 0. The van der Waals surface area contributed by atoms with E-state index in [4.69, 9.17) is 0 Å². The van der Waals surface area contributed by atoms with Crippen LogP contribution in [-0.4, -0.2) is 19.4 Å². The van der Waals surface area contributed by atoms with E-state index in [0.717, 1.165) is 19.4 Å². The van der Waals surface area contributed by atoms with Gasteiger partial charge in [0.1, 0.15) is 5.78 Å². The van der Waals surface area contributed by atoms with E-state index in [2.05, 4.69) is 5.32 Å². The van der Waals surface area contributed by atoms with Gasteiger partial charge in [0.25, 0.3) is 0 Å². The summed E-state index contributed by atoms with van der Waals surface area (Å²) in [5.41, 5.74) is 0. The molecule has 0 saturated heterocycles. The van der Waals surface area contributed by atoms with Crippen molar-refractivity contribution in [2.45, 2.75) is 26.2 Å². The highest BCUT2D eigenvalue weighted by Crippen LogP contribution is 1.91. The van der Waals surface area contributed by atoms with E-state index in [1.165, 1.54) is 0 Å². The molecule has 0 aromatic heterocycles. The lowest BCUT2D eigenvalue weighted by Crippen LogP contribution is -2.12. The fourth-order valence-corrected chi connectivity index (χ4v) is 0.668. The third-order valence-corrected chi connectivity index (χ3v) is 1.18. The maximum Gasteiger partial charge on any atom is 0.134 e. The van der Waals surface area contributed by atoms with E-state index < -0.39 is 0 Å². The molecule has 0 aromatic carbocycles. The molecule has 1 N–H and O–H groups in total. The first-order chi connectivity index (χ1) is 4.31. The van der Waals surface area contributed by atoms with Crippen molar-refractivity contribution in [3.63, 3.8) is 0 Å². The number of hydrogen-bond donors (Lipinski definition) is 1. The summed E-state index contributed by atoms with van der Waals surface area (Å²) in [7, 11) is 1.86. The molecule has 3 heteroatoms. The zero-order valence-corrected chi connectivity index (χ0v) is 7.46. The molecule has 0 bridgehead atoms. The van der Waals surface area contributed by atoms with Crippen molar-refractivity contribution in [1.29, 1.82) is 0 Å². The van der Waals surface area contributed by atoms with Crippen molar-refractivity contribution in [3.8, 4) is 0 Å². The Labute approximate surface area is 68.8 Å². The lowest BCUT2D eigenvalue weighted by atomic mass is 10.2. The number of carbonyl (C=O) groups is 1. The number of carbonyl (C=O) groups excluding carboxylic acids is 1. The normalized spacial score (nSPS) is 8.60. The minimum atomic E-state index is 0. The number of ketones is 1. The van der Waals surface area contributed by atoms with Crippen LogP contribution in [0.3, 0.4) is 0 Å². The molecule has 0 heterocycles. The molecule has 0 fully saturated rings. The average molecular weight is 166 g/mol. The molecule has 10 heavy (non-hydrogen) atoms. The highest BCUT2D eigenvalue weighted by atomic mass is 35.5. The topological polar surface area (TPSA) is 29.1 Å². The van der Waals surface area contributed by atoms with E-state index in [1.54, 1.807) is 0 Å². The standard InChI is InChI=1S/C7H15NO.ClH/c1-3-4-7(9)5-6-8-2;/h8H,3-6H2,1-2H3;1H. The lowest BCUT2D eigenvalue weighted by molar-refractivity contribution is -0.119. The molecule has 0 spiro atoms. The smallest absolute Gasteiger partial charge is 0.134 e. The largest absolute Gasteiger partial charge is 0.319 e. The summed E-state index contributed by atoms with van der Waals surface area (Å²) in [5.74, 6) is 0.367. The Morgan fingerprint density at radius 2 is 2.00 bits per heavy atom. The quantitative estimate of drug-likeness (QED) is 0.667. The molecule has 0 atom stereocenters. The maximum absolute atomic E-state index is 10.8. The second-order valence-electron chi connectivity index (χ2n) is 2.14. The number of nitrogens with one attached hydrogen (secondary N) is 1. The van der Waals surface area contributed by atoms with Crippen LogP contribution in [-0.2, 0) is 4.79 Å². The summed E-state index contributed by atoms with van der Waals surface area (Å²) in [6.07, 6.45) is 2.40. The van der Waals surface area contributed by atoms with Crippen molar-refractivity contribution >= 4 is 18.2 Å². The zero-order valence-electron chi connectivity index (χ0n) is 6.64. The zero-order chi connectivity index (χ0) is 7.11. The van der Waals surface area contributed by atoms with Crippen LogP contribution < -0.4 is 5.32 Å². The Hall–Kier alpha value is -0.0800. The van der Waals surface area contributed by atoms with Gasteiger partial charge in [-0.25, -0.2) is 0 Å². The van der Waals surface area contributed by atoms with Gasteiger partial charge in [-0.05, 0) is 13.5 Å². The van der Waals surface area contributed by atoms with Crippen LogP contribution in [0.5, 0.6) is 0 Å². The van der Waals surface area contributed by atoms with Crippen molar-refractivity contribution in [2.24, 2.45) is 0 Å². The van der Waals surface area contributed by atoms with Gasteiger partial charge < -0.3 is 5.32 Å². The van der Waals surface area contributed by atoms with Gasteiger partial charge in [-0.1, -0.05) is 6.92 Å². The molecule has 0 aliphatic carbocycles. The second-order valence-corrected chi connectivity index (χ2v) is 2.14. The van der Waals surface area contributed by atoms with Crippen LogP contribution in [0, 0.1) is 0 Å². The monoisotopic (exact) mass is 165 g/mol. The summed E-state index contributed by atoms with van der Waals surface area (Å²) in [6, 6.07) is 0. The molecule has 0 unspecified atom stereocenters. The van der Waals surface area contributed by atoms with Crippen LogP contribution in [0.4, 0.5) is 0 Å². The van der Waals surface area contributed by atoms with Gasteiger partial charge in [0.2, 0.25) is 0 Å². The molecule has 2 nitrogen and oxygen atoms in total. The summed E-state index contributed by atoms with van der Waals surface area (Å²) in [5, 5.41) is 2.94. The van der Waals surface area contributed by atoms with Gasteiger partial charge in [0, 0.05) is 19.4 Å². The summed E-state index contributed by atoms with van der Waals surface area (Å²) >= 11 is 0. The van der Waals surface area contributed by atoms with Gasteiger partial charge in [-0.15, -0.1) is 12.4 Å². The third-order valence-electron chi connectivity index (χ3n) is 1.18. The Morgan fingerprint density at radius 1 is 1.40 bits per heavy atom. The van der Waals surface area contributed by atoms with E-state index in [9.17, 15) is 4.79 Å². The fourth-order valence-electron chi connectivity index (χ4n) is 0.668. The van der Waals surface area contributed by atoms with Crippen LogP contribution in [0.2, 0.25) is 0 Å². The van der Waals surface area contributed by atoms with Gasteiger partial charge in [0.05, 0.1) is 0 Å². The molecular weight excluding hydrogens is 150 g/mol. The number of Topliss-reactive ketones (excluding diaryl/α,β-unsaturated/α-hetero) is 1. The minimum absolute atomic E-state index is 0. The number of halogens is 1. The van der Waals surface area contributed by atoms with E-state index in [-0.39, 0.29) is 12.4 Å². The highest BCUT2D eigenvalue weighted by molar-refractivity contribution is 5.85. The first-order valence-corrected chi connectivity index (χ1v) is 3.47. The molecular formula is C7H16ClNO. The maximum atomic E-state index is 10.8. The predicted octanol–water partition coefficient (Wildman–Crippen LogP) is 1.39. The Kier molecular flexibility index (Phi) is 11.2. The van der Waals surface area contributed by atoms with Gasteiger partial charge >= 0.3 is 0 Å². The van der Waals surface area contributed by atoms with Gasteiger partial charge in [-0.3, -0.25) is 4.79 Å². The lowest BCUT2D eigenvalue weighted by Gasteiger charge is -1.95. The molecule has 0 amide bonds. The summed E-state index contributed by atoms with van der Waals surface area (Å²) < 4.78 is 0. The molecule has 0 aliphatic rings. The predicted molar refractivity (Wildman–Crippen MR) is 45.7 cm³/mol. The number of hydrogen-bond acceptors (Lipinski definition) is 2. The summed E-state index contributed by atoms with van der Waals surface area (Å²) in [4.78, 5) is 10.8. The summed E-state index contributed by atoms with van der Waals surface area (Å²) in [6.45, 7) is 2.84. The highest BCUT2D eigenvalue weighted by Gasteiger charge is 1.96.